The molecule has 1 unspecified atom stereocenters. The number of carbonyl (C=O) groups is 2. The number of Topliss-reactive ketones (excluding diaryl/α,β-unsaturated/α-hetero) is 1. The van der Waals surface area contributed by atoms with Crippen LogP contribution in [-0.4, -0.2) is 16.8 Å². The number of ketones is 1. The summed E-state index contributed by atoms with van der Waals surface area (Å²) in [5, 5.41) is 15.4. The molecule has 3 aromatic rings. The first-order valence-electron chi connectivity index (χ1n) is 7.84. The second kappa shape index (κ2) is 5.79. The van der Waals surface area contributed by atoms with E-state index in [0.717, 1.165) is 15.2 Å². The summed E-state index contributed by atoms with van der Waals surface area (Å²) in [4.78, 5) is 25.3. The highest BCUT2D eigenvalue weighted by Gasteiger charge is 2.47. The molecule has 0 fully saturated rings. The quantitative estimate of drug-likeness (QED) is 0.658. The number of aliphatic hydroxyl groups is 1. The summed E-state index contributed by atoms with van der Waals surface area (Å²) in [7, 11) is 0. The number of hydrogen-bond acceptors (Lipinski definition) is 3. The Morgan fingerprint density at radius 3 is 2.68 bits per heavy atom. The standard InChI is InChI=1S/C20H14BrNO3/c21-13-8-9-17-16(10-13)20(25,19(24)22-17)11-18(23)15-7-3-5-12-4-1-2-6-14(12)15/h1-10,25H,11H2,(H,22,24). The Kier molecular flexibility index (Phi) is 3.71. The fraction of sp³-hybridized carbons (Fsp3) is 0.100. The van der Waals surface area contributed by atoms with Crippen LogP contribution in [0.15, 0.2) is 65.1 Å². The predicted molar refractivity (Wildman–Crippen MR) is 99.6 cm³/mol. The van der Waals surface area contributed by atoms with Crippen LogP contribution in [0, 0.1) is 0 Å². The van der Waals surface area contributed by atoms with E-state index >= 15 is 0 Å². The smallest absolute Gasteiger partial charge is 0.261 e. The monoisotopic (exact) mass is 395 g/mol. The van der Waals surface area contributed by atoms with Crippen molar-refractivity contribution < 1.29 is 14.7 Å². The van der Waals surface area contributed by atoms with Gasteiger partial charge in [-0.05, 0) is 29.0 Å². The maximum absolute atomic E-state index is 12.9. The summed E-state index contributed by atoms with van der Waals surface area (Å²) >= 11 is 3.35. The van der Waals surface area contributed by atoms with Crippen LogP contribution in [0.2, 0.25) is 0 Å². The van der Waals surface area contributed by atoms with Crippen molar-refractivity contribution in [2.75, 3.05) is 5.32 Å². The SMILES string of the molecule is O=C(CC1(O)C(=O)Nc2ccc(Br)cc21)c1cccc2ccccc12. The summed E-state index contributed by atoms with van der Waals surface area (Å²) in [6.45, 7) is 0. The van der Waals surface area contributed by atoms with E-state index in [9.17, 15) is 14.7 Å². The van der Waals surface area contributed by atoms with Crippen molar-refractivity contribution in [2.24, 2.45) is 0 Å². The minimum atomic E-state index is -1.87. The lowest BCUT2D eigenvalue weighted by Gasteiger charge is -2.20. The van der Waals surface area contributed by atoms with E-state index in [1.807, 2.05) is 30.3 Å². The molecular weight excluding hydrogens is 382 g/mol. The molecule has 1 heterocycles. The van der Waals surface area contributed by atoms with Gasteiger partial charge >= 0.3 is 0 Å². The number of carbonyl (C=O) groups excluding carboxylic acids is 2. The van der Waals surface area contributed by atoms with Crippen LogP contribution in [0.5, 0.6) is 0 Å². The average molecular weight is 396 g/mol. The molecule has 1 aliphatic heterocycles. The number of nitrogens with one attached hydrogen (secondary N) is 1. The summed E-state index contributed by atoms with van der Waals surface area (Å²) < 4.78 is 0.735. The average Bonchev–Trinajstić information content (AvgIpc) is 2.85. The molecule has 0 aromatic heterocycles. The molecular formula is C20H14BrNO3. The Bertz CT molecular complexity index is 1030. The van der Waals surface area contributed by atoms with Gasteiger partial charge in [-0.15, -0.1) is 0 Å². The molecule has 0 aliphatic carbocycles. The molecule has 0 saturated carbocycles. The van der Waals surface area contributed by atoms with E-state index in [4.69, 9.17) is 0 Å². The molecule has 2 N–H and O–H groups in total. The molecule has 0 radical (unpaired) electrons. The Labute approximate surface area is 152 Å². The molecule has 124 valence electrons. The van der Waals surface area contributed by atoms with Crippen LogP contribution >= 0.6 is 15.9 Å². The molecule has 3 aromatic carbocycles. The maximum Gasteiger partial charge on any atom is 0.261 e. The number of amides is 1. The van der Waals surface area contributed by atoms with Gasteiger partial charge in [-0.25, -0.2) is 0 Å². The van der Waals surface area contributed by atoms with E-state index in [2.05, 4.69) is 21.2 Å². The van der Waals surface area contributed by atoms with E-state index in [1.54, 1.807) is 30.3 Å². The summed E-state index contributed by atoms with van der Waals surface area (Å²) in [6.07, 6.45) is -0.309. The second-order valence-corrected chi connectivity index (χ2v) is 7.05. The summed E-state index contributed by atoms with van der Waals surface area (Å²) in [5.41, 5.74) is -0.419. The lowest BCUT2D eigenvalue weighted by Crippen LogP contribution is -2.36. The summed E-state index contributed by atoms with van der Waals surface area (Å²) in [5.74, 6) is -0.850. The van der Waals surface area contributed by atoms with Crippen LogP contribution in [0.4, 0.5) is 5.69 Å². The topological polar surface area (TPSA) is 66.4 Å². The number of rotatable bonds is 3. The predicted octanol–water partition coefficient (Wildman–Crippen LogP) is 4.02. The highest BCUT2D eigenvalue weighted by atomic mass is 79.9. The van der Waals surface area contributed by atoms with Crippen molar-refractivity contribution in [1.29, 1.82) is 0 Å². The fourth-order valence-corrected chi connectivity index (χ4v) is 3.65. The zero-order valence-electron chi connectivity index (χ0n) is 13.1. The van der Waals surface area contributed by atoms with Crippen molar-refractivity contribution in [2.45, 2.75) is 12.0 Å². The number of halogens is 1. The van der Waals surface area contributed by atoms with Gasteiger partial charge in [-0.3, -0.25) is 9.59 Å². The van der Waals surface area contributed by atoms with Gasteiger partial charge in [0.15, 0.2) is 11.4 Å². The number of anilines is 1. The minimum Gasteiger partial charge on any atom is -0.375 e. The van der Waals surface area contributed by atoms with Crippen LogP contribution in [0.25, 0.3) is 10.8 Å². The second-order valence-electron chi connectivity index (χ2n) is 6.13. The fourth-order valence-electron chi connectivity index (χ4n) is 3.29. The van der Waals surface area contributed by atoms with Gasteiger partial charge in [0.1, 0.15) is 0 Å². The van der Waals surface area contributed by atoms with E-state index < -0.39 is 11.5 Å². The van der Waals surface area contributed by atoms with Crippen molar-refractivity contribution in [3.63, 3.8) is 0 Å². The van der Waals surface area contributed by atoms with Crippen molar-refractivity contribution in [1.82, 2.24) is 0 Å². The zero-order valence-corrected chi connectivity index (χ0v) is 14.7. The third kappa shape index (κ3) is 2.56. The Hall–Kier alpha value is -2.50. The van der Waals surface area contributed by atoms with Crippen LogP contribution in [0.1, 0.15) is 22.3 Å². The number of benzene rings is 3. The first-order chi connectivity index (χ1) is 12.0. The minimum absolute atomic E-state index is 0.276. The van der Waals surface area contributed by atoms with E-state index in [-0.39, 0.29) is 12.2 Å². The first-order valence-corrected chi connectivity index (χ1v) is 8.63. The Balaban J connectivity index is 1.76. The van der Waals surface area contributed by atoms with Gasteiger partial charge in [0.25, 0.3) is 5.91 Å². The molecule has 1 aliphatic rings. The highest BCUT2D eigenvalue weighted by Crippen LogP contribution is 2.40. The Morgan fingerprint density at radius 2 is 1.84 bits per heavy atom. The van der Waals surface area contributed by atoms with Gasteiger partial charge in [-0.2, -0.15) is 0 Å². The van der Waals surface area contributed by atoms with Crippen molar-refractivity contribution in [3.05, 3.63) is 76.3 Å². The lowest BCUT2D eigenvalue weighted by molar-refractivity contribution is -0.133. The highest BCUT2D eigenvalue weighted by molar-refractivity contribution is 9.10. The lowest BCUT2D eigenvalue weighted by atomic mass is 9.87. The maximum atomic E-state index is 12.9. The third-order valence-electron chi connectivity index (χ3n) is 4.56. The molecule has 1 atom stereocenters. The molecule has 25 heavy (non-hydrogen) atoms. The normalized spacial score (nSPS) is 18.9. The van der Waals surface area contributed by atoms with Gasteiger partial charge in [-0.1, -0.05) is 58.4 Å². The zero-order chi connectivity index (χ0) is 17.6. The van der Waals surface area contributed by atoms with Crippen LogP contribution in [-0.2, 0) is 10.4 Å². The molecule has 4 rings (SSSR count). The number of fused-ring (bicyclic) bond motifs is 2. The molecule has 4 nitrogen and oxygen atoms in total. The molecule has 0 saturated heterocycles. The van der Waals surface area contributed by atoms with Crippen molar-refractivity contribution >= 4 is 44.1 Å². The van der Waals surface area contributed by atoms with Gasteiger partial charge in [0.05, 0.1) is 6.42 Å². The molecule has 0 bridgehead atoms. The number of hydrogen-bond donors (Lipinski definition) is 2. The molecule has 5 heteroatoms. The Morgan fingerprint density at radius 1 is 1.08 bits per heavy atom. The van der Waals surface area contributed by atoms with E-state index in [1.165, 1.54) is 0 Å². The van der Waals surface area contributed by atoms with E-state index in [0.29, 0.717) is 16.8 Å². The van der Waals surface area contributed by atoms with Crippen molar-refractivity contribution in [3.8, 4) is 0 Å². The van der Waals surface area contributed by atoms with Gasteiger partial charge in [0, 0.05) is 21.3 Å². The largest absolute Gasteiger partial charge is 0.375 e. The van der Waals surface area contributed by atoms with Crippen LogP contribution < -0.4 is 5.32 Å². The first kappa shape index (κ1) is 16.0. The van der Waals surface area contributed by atoms with Gasteiger partial charge in [0.2, 0.25) is 0 Å². The van der Waals surface area contributed by atoms with Gasteiger partial charge < -0.3 is 10.4 Å². The summed E-state index contributed by atoms with van der Waals surface area (Å²) in [6, 6.07) is 18.2. The molecule has 0 spiro atoms. The van der Waals surface area contributed by atoms with Crippen LogP contribution in [0.3, 0.4) is 0 Å². The molecule has 1 amide bonds. The third-order valence-corrected chi connectivity index (χ3v) is 5.05.